The van der Waals surface area contributed by atoms with Crippen molar-refractivity contribution < 1.29 is 23.9 Å². The van der Waals surface area contributed by atoms with Crippen molar-refractivity contribution in [2.24, 2.45) is 5.92 Å². The summed E-state index contributed by atoms with van der Waals surface area (Å²) < 4.78 is 4.88. The van der Waals surface area contributed by atoms with E-state index in [9.17, 15) is 19.2 Å². The van der Waals surface area contributed by atoms with Crippen LogP contribution in [0.15, 0.2) is 18.2 Å². The van der Waals surface area contributed by atoms with Crippen LogP contribution in [-0.2, 0) is 19.7 Å². The number of imide groups is 1. The van der Waals surface area contributed by atoms with Crippen LogP contribution in [0.3, 0.4) is 0 Å². The highest BCUT2D eigenvalue weighted by atomic mass is 16.5. The molecule has 134 valence electrons. The number of carbonyl (C=O) groups excluding carboxylic acids is 4. The number of amides is 2. The number of nitrogens with zero attached hydrogens (tertiary/aromatic N) is 1. The average molecular weight is 345 g/mol. The van der Waals surface area contributed by atoms with Crippen molar-refractivity contribution in [1.29, 1.82) is 0 Å². The fourth-order valence-electron chi connectivity index (χ4n) is 2.72. The monoisotopic (exact) mass is 345 g/mol. The third-order valence-electron chi connectivity index (χ3n) is 4.26. The number of fused-ring (bicyclic) bond motifs is 1. The Morgan fingerprint density at radius 3 is 2.24 bits per heavy atom. The van der Waals surface area contributed by atoms with E-state index >= 15 is 0 Å². The Labute approximate surface area is 147 Å². The summed E-state index contributed by atoms with van der Waals surface area (Å²) in [6.45, 7) is 8.74. The molecular weight excluding hydrogens is 322 g/mol. The maximum atomic E-state index is 12.7. The molecule has 2 amide bonds. The van der Waals surface area contributed by atoms with E-state index in [0.717, 1.165) is 10.5 Å². The summed E-state index contributed by atoms with van der Waals surface area (Å²) >= 11 is 0. The number of benzene rings is 1. The van der Waals surface area contributed by atoms with Crippen molar-refractivity contribution in [2.45, 2.75) is 40.0 Å². The summed E-state index contributed by atoms with van der Waals surface area (Å²) in [5.74, 6) is -3.30. The smallest absolute Gasteiger partial charge is 0.318 e. The Kier molecular flexibility index (Phi) is 5.11. The van der Waals surface area contributed by atoms with Crippen molar-refractivity contribution >= 4 is 23.6 Å². The van der Waals surface area contributed by atoms with Crippen LogP contribution in [0.1, 0.15) is 60.9 Å². The first-order chi connectivity index (χ1) is 11.6. The van der Waals surface area contributed by atoms with Crippen LogP contribution in [0.4, 0.5) is 0 Å². The van der Waals surface area contributed by atoms with Crippen molar-refractivity contribution in [1.82, 2.24) is 4.90 Å². The fraction of sp³-hybridized carbons (Fsp3) is 0.474. The molecule has 0 aliphatic carbocycles. The molecule has 1 aliphatic heterocycles. The minimum atomic E-state index is -1.16. The third kappa shape index (κ3) is 3.62. The van der Waals surface area contributed by atoms with Gasteiger partial charge in [-0.15, -0.1) is 0 Å². The lowest BCUT2D eigenvalue weighted by Gasteiger charge is -2.19. The normalized spacial score (nSPS) is 15.2. The Bertz CT molecular complexity index is 745. The summed E-state index contributed by atoms with van der Waals surface area (Å²) in [5.41, 5.74) is 1.37. The van der Waals surface area contributed by atoms with Crippen molar-refractivity contribution in [2.75, 3.05) is 13.2 Å². The molecule has 0 N–H and O–H groups in total. The molecule has 0 bridgehead atoms. The van der Waals surface area contributed by atoms with Gasteiger partial charge >= 0.3 is 5.97 Å². The maximum Gasteiger partial charge on any atom is 0.318 e. The third-order valence-corrected chi connectivity index (χ3v) is 4.26. The highest BCUT2D eigenvalue weighted by molar-refractivity contribution is 6.21. The summed E-state index contributed by atoms with van der Waals surface area (Å²) in [5, 5.41) is 0. The predicted octanol–water partition coefficient (Wildman–Crippen LogP) is 2.35. The molecule has 1 heterocycles. The molecule has 0 saturated carbocycles. The van der Waals surface area contributed by atoms with E-state index in [-0.39, 0.29) is 18.6 Å². The van der Waals surface area contributed by atoms with Crippen LogP contribution >= 0.6 is 0 Å². The molecule has 0 radical (unpaired) electrons. The molecule has 0 aromatic heterocycles. The maximum absolute atomic E-state index is 12.7. The van der Waals surface area contributed by atoms with Crippen LogP contribution in [0.2, 0.25) is 0 Å². The summed E-state index contributed by atoms with van der Waals surface area (Å²) in [4.78, 5) is 49.9. The van der Waals surface area contributed by atoms with E-state index < -0.39 is 29.5 Å². The second kappa shape index (κ2) is 6.78. The lowest BCUT2D eigenvalue weighted by Crippen LogP contribution is -2.40. The zero-order valence-corrected chi connectivity index (χ0v) is 15.2. The van der Waals surface area contributed by atoms with Gasteiger partial charge in [0, 0.05) is 6.54 Å². The van der Waals surface area contributed by atoms with Gasteiger partial charge in [-0.2, -0.15) is 0 Å². The first-order valence-electron chi connectivity index (χ1n) is 8.25. The van der Waals surface area contributed by atoms with Gasteiger partial charge in [0.2, 0.25) is 0 Å². The lowest BCUT2D eigenvalue weighted by atomic mass is 9.85. The van der Waals surface area contributed by atoms with E-state index in [2.05, 4.69) is 0 Å². The SMILES string of the molecule is CCOC(=O)[C@H](CN1C(=O)c2ccc(C(C)(C)C)cc2C1=O)C(C)=O. The Balaban J connectivity index is 2.32. The molecular formula is C19H23NO5. The van der Waals surface area contributed by atoms with Gasteiger partial charge in [-0.25, -0.2) is 0 Å². The van der Waals surface area contributed by atoms with Gasteiger partial charge in [-0.05, 0) is 37.0 Å². The van der Waals surface area contributed by atoms with Crippen molar-refractivity contribution in [3.05, 3.63) is 34.9 Å². The Hall–Kier alpha value is -2.50. The number of ketones is 1. The number of hydrogen-bond acceptors (Lipinski definition) is 5. The van der Waals surface area contributed by atoms with Crippen LogP contribution in [-0.4, -0.2) is 41.6 Å². The molecule has 1 atom stereocenters. The van der Waals surface area contributed by atoms with Gasteiger partial charge in [0.1, 0.15) is 11.7 Å². The zero-order chi connectivity index (χ0) is 18.9. The minimum Gasteiger partial charge on any atom is -0.465 e. The van der Waals surface area contributed by atoms with Gasteiger partial charge in [0.05, 0.1) is 17.7 Å². The van der Waals surface area contributed by atoms with Crippen molar-refractivity contribution in [3.8, 4) is 0 Å². The van der Waals surface area contributed by atoms with E-state index in [1.807, 2.05) is 26.8 Å². The van der Waals surface area contributed by atoms with E-state index in [1.54, 1.807) is 19.1 Å². The molecule has 0 fully saturated rings. The predicted molar refractivity (Wildman–Crippen MR) is 91.3 cm³/mol. The van der Waals surface area contributed by atoms with Gasteiger partial charge in [-0.1, -0.05) is 26.8 Å². The van der Waals surface area contributed by atoms with Crippen molar-refractivity contribution in [3.63, 3.8) is 0 Å². The zero-order valence-electron chi connectivity index (χ0n) is 15.2. The number of carbonyl (C=O) groups is 4. The quantitative estimate of drug-likeness (QED) is 0.465. The van der Waals surface area contributed by atoms with Gasteiger partial charge in [0.25, 0.3) is 11.8 Å². The van der Waals surface area contributed by atoms with Crippen LogP contribution in [0.5, 0.6) is 0 Å². The Morgan fingerprint density at radius 2 is 1.72 bits per heavy atom. The minimum absolute atomic E-state index is 0.125. The van der Waals surface area contributed by atoms with Crippen LogP contribution in [0.25, 0.3) is 0 Å². The number of rotatable bonds is 5. The summed E-state index contributed by atoms with van der Waals surface area (Å²) in [7, 11) is 0. The molecule has 0 unspecified atom stereocenters. The number of ether oxygens (including phenoxy) is 1. The Morgan fingerprint density at radius 1 is 1.12 bits per heavy atom. The van der Waals surface area contributed by atoms with Gasteiger partial charge < -0.3 is 4.74 Å². The van der Waals surface area contributed by atoms with Gasteiger partial charge in [-0.3, -0.25) is 24.1 Å². The number of hydrogen-bond donors (Lipinski definition) is 0. The topological polar surface area (TPSA) is 80.8 Å². The molecule has 25 heavy (non-hydrogen) atoms. The molecule has 6 nitrogen and oxygen atoms in total. The first kappa shape index (κ1) is 18.8. The molecule has 1 aromatic rings. The first-order valence-corrected chi connectivity index (χ1v) is 8.25. The molecule has 6 heteroatoms. The fourth-order valence-corrected chi connectivity index (χ4v) is 2.72. The number of Topliss-reactive ketones (excluding diaryl/α,β-unsaturated/α-hetero) is 1. The standard InChI is InChI=1S/C19H23NO5/c1-6-25-18(24)15(11(2)21)10-20-16(22)13-8-7-12(19(3,4)5)9-14(13)17(20)23/h7-9,15H,6,10H2,1-5H3/t15-/m1/s1. The molecule has 1 aliphatic rings. The molecule has 1 aromatic carbocycles. The number of esters is 1. The lowest BCUT2D eigenvalue weighted by molar-refractivity contribution is -0.151. The molecule has 0 saturated heterocycles. The molecule has 2 rings (SSSR count). The highest BCUT2D eigenvalue weighted by Gasteiger charge is 2.40. The second-order valence-corrected chi connectivity index (χ2v) is 7.15. The van der Waals surface area contributed by atoms with Gasteiger partial charge in [0.15, 0.2) is 0 Å². The average Bonchev–Trinajstić information content (AvgIpc) is 2.75. The summed E-state index contributed by atoms with van der Waals surface area (Å²) in [6, 6.07) is 5.16. The highest BCUT2D eigenvalue weighted by Crippen LogP contribution is 2.30. The largest absolute Gasteiger partial charge is 0.465 e. The van der Waals surface area contributed by atoms with Crippen LogP contribution in [0, 0.1) is 5.92 Å². The van der Waals surface area contributed by atoms with Crippen LogP contribution < -0.4 is 0 Å². The van der Waals surface area contributed by atoms with E-state index in [0.29, 0.717) is 11.1 Å². The van der Waals surface area contributed by atoms with E-state index in [1.165, 1.54) is 6.92 Å². The summed E-state index contributed by atoms with van der Waals surface area (Å²) in [6.07, 6.45) is 0. The molecule has 0 spiro atoms. The second-order valence-electron chi connectivity index (χ2n) is 7.15. The van der Waals surface area contributed by atoms with E-state index in [4.69, 9.17) is 4.74 Å².